The molecule has 4 rings (SSSR count). The minimum Gasteiger partial charge on any atom is -0.354 e. The Morgan fingerprint density at radius 3 is 2.95 bits per heavy atom. The average molecular weight is 284 g/mol. The lowest BCUT2D eigenvalue weighted by atomic mass is 9.92. The van der Waals surface area contributed by atoms with E-state index in [-0.39, 0.29) is 17.7 Å². The van der Waals surface area contributed by atoms with Gasteiger partial charge in [-0.25, -0.2) is 0 Å². The van der Waals surface area contributed by atoms with Crippen LogP contribution in [-0.4, -0.2) is 36.3 Å². The Morgan fingerprint density at radius 2 is 2.05 bits per heavy atom. The van der Waals surface area contributed by atoms with Crippen LogP contribution in [-0.2, 0) is 16.0 Å². The van der Waals surface area contributed by atoms with Gasteiger partial charge in [-0.3, -0.25) is 9.59 Å². The highest BCUT2D eigenvalue weighted by molar-refractivity contribution is 5.85. The lowest BCUT2D eigenvalue weighted by Gasteiger charge is -2.19. The number of aryl methyl sites for hydroxylation is 1. The Morgan fingerprint density at radius 1 is 1.19 bits per heavy atom. The minimum absolute atomic E-state index is 0.0591. The van der Waals surface area contributed by atoms with E-state index in [4.69, 9.17) is 0 Å². The molecule has 4 nitrogen and oxygen atoms in total. The van der Waals surface area contributed by atoms with Gasteiger partial charge in [0.2, 0.25) is 11.8 Å². The Kier molecular flexibility index (Phi) is 2.98. The van der Waals surface area contributed by atoms with Gasteiger partial charge in [0.1, 0.15) is 0 Å². The van der Waals surface area contributed by atoms with Gasteiger partial charge < -0.3 is 10.2 Å². The van der Waals surface area contributed by atoms with Crippen molar-refractivity contribution in [1.82, 2.24) is 10.2 Å². The summed E-state index contributed by atoms with van der Waals surface area (Å²) in [5.74, 6) is 1.43. The first kappa shape index (κ1) is 12.9. The van der Waals surface area contributed by atoms with Gasteiger partial charge in [0.15, 0.2) is 0 Å². The van der Waals surface area contributed by atoms with Crippen LogP contribution in [0, 0.1) is 11.8 Å². The number of carbonyl (C=O) groups excluding carboxylic acids is 2. The van der Waals surface area contributed by atoms with Gasteiger partial charge >= 0.3 is 0 Å². The van der Waals surface area contributed by atoms with Crippen LogP contribution in [0.2, 0.25) is 0 Å². The molecule has 2 fully saturated rings. The van der Waals surface area contributed by atoms with Crippen LogP contribution >= 0.6 is 0 Å². The number of nitrogens with zero attached hydrogens (tertiary/aromatic N) is 1. The predicted octanol–water partition coefficient (Wildman–Crippen LogP) is 1.31. The van der Waals surface area contributed by atoms with E-state index in [9.17, 15) is 9.59 Å². The number of carbonyl (C=O) groups is 2. The van der Waals surface area contributed by atoms with Crippen molar-refractivity contribution in [3.8, 4) is 0 Å². The molecule has 3 unspecified atom stereocenters. The molecular formula is C17H20N2O2. The van der Waals surface area contributed by atoms with Gasteiger partial charge in [-0.15, -0.1) is 0 Å². The highest BCUT2D eigenvalue weighted by atomic mass is 16.2. The smallest absolute Gasteiger partial charge is 0.226 e. The molecule has 0 spiro atoms. The summed E-state index contributed by atoms with van der Waals surface area (Å²) in [6.45, 7) is 1.81. The molecular weight excluding hydrogens is 264 g/mol. The number of amides is 2. The lowest BCUT2D eigenvalue weighted by Crippen LogP contribution is -2.35. The van der Waals surface area contributed by atoms with E-state index in [1.54, 1.807) is 0 Å². The molecule has 2 aliphatic carbocycles. The van der Waals surface area contributed by atoms with E-state index in [1.165, 1.54) is 11.1 Å². The van der Waals surface area contributed by atoms with Crippen LogP contribution in [0.1, 0.15) is 29.9 Å². The summed E-state index contributed by atoms with van der Waals surface area (Å²) in [6, 6.07) is 8.55. The minimum atomic E-state index is 0.0591. The van der Waals surface area contributed by atoms with Crippen molar-refractivity contribution >= 4 is 11.8 Å². The quantitative estimate of drug-likeness (QED) is 0.845. The van der Waals surface area contributed by atoms with Gasteiger partial charge in [-0.1, -0.05) is 24.3 Å². The van der Waals surface area contributed by atoms with Crippen LogP contribution in [0.15, 0.2) is 24.3 Å². The fourth-order valence-electron chi connectivity index (χ4n) is 4.10. The Bertz CT molecular complexity index is 598. The summed E-state index contributed by atoms with van der Waals surface area (Å²) >= 11 is 0. The average Bonchev–Trinajstić information content (AvgIpc) is 3.27. The molecule has 4 heteroatoms. The molecule has 0 bridgehead atoms. The van der Waals surface area contributed by atoms with Gasteiger partial charge in [0.25, 0.3) is 0 Å². The maximum Gasteiger partial charge on any atom is 0.226 e. The van der Waals surface area contributed by atoms with Gasteiger partial charge in [-0.05, 0) is 35.8 Å². The van der Waals surface area contributed by atoms with Crippen LogP contribution < -0.4 is 5.32 Å². The van der Waals surface area contributed by atoms with Gasteiger partial charge in [-0.2, -0.15) is 0 Å². The number of hydrogen-bond acceptors (Lipinski definition) is 2. The Hall–Kier alpha value is -1.84. The molecule has 1 aliphatic heterocycles. The van der Waals surface area contributed by atoms with Crippen molar-refractivity contribution in [3.05, 3.63) is 35.4 Å². The van der Waals surface area contributed by atoms with Crippen molar-refractivity contribution < 1.29 is 9.59 Å². The third-order valence-corrected chi connectivity index (χ3v) is 5.24. The summed E-state index contributed by atoms with van der Waals surface area (Å²) < 4.78 is 0. The number of rotatable bonds is 1. The highest BCUT2D eigenvalue weighted by Gasteiger charge is 2.57. The van der Waals surface area contributed by atoms with Crippen LogP contribution in [0.5, 0.6) is 0 Å². The van der Waals surface area contributed by atoms with E-state index in [0.29, 0.717) is 37.9 Å². The van der Waals surface area contributed by atoms with Crippen LogP contribution in [0.3, 0.4) is 0 Å². The molecule has 1 heterocycles. The Labute approximate surface area is 124 Å². The molecule has 0 aromatic heterocycles. The van der Waals surface area contributed by atoms with E-state index in [0.717, 1.165) is 12.8 Å². The molecule has 3 atom stereocenters. The van der Waals surface area contributed by atoms with E-state index >= 15 is 0 Å². The summed E-state index contributed by atoms with van der Waals surface area (Å²) in [4.78, 5) is 26.1. The van der Waals surface area contributed by atoms with Crippen LogP contribution in [0.4, 0.5) is 0 Å². The normalized spacial score (nSPS) is 30.8. The van der Waals surface area contributed by atoms with Crippen molar-refractivity contribution in [2.24, 2.45) is 11.8 Å². The Balaban J connectivity index is 1.51. The third-order valence-electron chi connectivity index (χ3n) is 5.24. The maximum absolute atomic E-state index is 12.8. The summed E-state index contributed by atoms with van der Waals surface area (Å²) in [7, 11) is 0. The van der Waals surface area contributed by atoms with Gasteiger partial charge in [0, 0.05) is 32.0 Å². The highest BCUT2D eigenvalue weighted by Crippen LogP contribution is 2.60. The first-order valence-electron chi connectivity index (χ1n) is 7.89. The van der Waals surface area contributed by atoms with E-state index in [2.05, 4.69) is 29.6 Å². The van der Waals surface area contributed by atoms with E-state index in [1.807, 2.05) is 4.90 Å². The molecule has 2 amide bonds. The molecule has 0 radical (unpaired) electrons. The van der Waals surface area contributed by atoms with Crippen molar-refractivity contribution in [1.29, 1.82) is 0 Å². The second-order valence-corrected chi connectivity index (χ2v) is 6.38. The predicted molar refractivity (Wildman–Crippen MR) is 78.7 cm³/mol. The molecule has 1 aromatic rings. The monoisotopic (exact) mass is 284 g/mol. The van der Waals surface area contributed by atoms with Crippen LogP contribution in [0.25, 0.3) is 0 Å². The molecule has 110 valence electrons. The maximum atomic E-state index is 12.8. The van der Waals surface area contributed by atoms with Crippen molar-refractivity contribution in [3.63, 3.8) is 0 Å². The lowest BCUT2D eigenvalue weighted by molar-refractivity contribution is -0.132. The fourth-order valence-corrected chi connectivity index (χ4v) is 4.10. The zero-order valence-corrected chi connectivity index (χ0v) is 12.0. The first-order valence-corrected chi connectivity index (χ1v) is 7.89. The summed E-state index contributed by atoms with van der Waals surface area (Å²) in [5.41, 5.74) is 2.80. The summed E-state index contributed by atoms with van der Waals surface area (Å²) in [6.07, 6.45) is 2.66. The second kappa shape index (κ2) is 4.86. The first-order chi connectivity index (χ1) is 10.3. The van der Waals surface area contributed by atoms with Gasteiger partial charge in [0.05, 0.1) is 0 Å². The standard InChI is InChI=1S/C17H20N2O2/c20-14-7-9-19(10-8-18-14)17(21)16-13-6-5-11-3-1-2-4-12(11)15(13)16/h1-4,13,15-16H,5-10H2,(H,18,20). The topological polar surface area (TPSA) is 49.4 Å². The summed E-state index contributed by atoms with van der Waals surface area (Å²) in [5, 5.41) is 2.83. The molecule has 21 heavy (non-hydrogen) atoms. The SMILES string of the molecule is O=C1CCN(C(=O)C2C3CCc4ccccc4C32)CCN1. The van der Waals surface area contributed by atoms with Crippen molar-refractivity contribution in [2.45, 2.75) is 25.2 Å². The van der Waals surface area contributed by atoms with Crippen molar-refractivity contribution in [2.75, 3.05) is 19.6 Å². The largest absolute Gasteiger partial charge is 0.354 e. The van der Waals surface area contributed by atoms with E-state index < -0.39 is 0 Å². The molecule has 1 N–H and O–H groups in total. The second-order valence-electron chi connectivity index (χ2n) is 6.38. The number of benzene rings is 1. The molecule has 1 aromatic carbocycles. The number of hydrogen-bond donors (Lipinski definition) is 1. The molecule has 1 saturated heterocycles. The third kappa shape index (κ3) is 2.13. The molecule has 3 aliphatic rings. The number of nitrogens with one attached hydrogen (secondary N) is 1. The fraction of sp³-hybridized carbons (Fsp3) is 0.529. The zero-order chi connectivity index (χ0) is 14.4. The molecule has 1 saturated carbocycles. The zero-order valence-electron chi connectivity index (χ0n) is 12.0. The number of fused-ring (bicyclic) bond motifs is 3.